The van der Waals surface area contributed by atoms with Crippen LogP contribution in [-0.2, 0) is 4.79 Å². The minimum Gasteiger partial charge on any atom is -0.379 e. The molecule has 3 N–H and O–H groups in total. The van der Waals surface area contributed by atoms with Crippen LogP contribution in [0.25, 0.3) is 6.08 Å². The van der Waals surface area contributed by atoms with Crippen LogP contribution in [-0.4, -0.2) is 17.4 Å². The molecule has 0 atom stereocenters. The number of primary amides is 1. The van der Waals surface area contributed by atoms with Crippen LogP contribution in [0.4, 0.5) is 5.69 Å². The number of anilines is 1. The Morgan fingerprint density at radius 2 is 2.46 bits per heavy atom. The van der Waals surface area contributed by atoms with Gasteiger partial charge < -0.3 is 11.1 Å². The van der Waals surface area contributed by atoms with Gasteiger partial charge in [-0.2, -0.15) is 0 Å². The van der Waals surface area contributed by atoms with Gasteiger partial charge in [-0.3, -0.25) is 9.78 Å². The number of pyridine rings is 1. The van der Waals surface area contributed by atoms with E-state index in [1.807, 2.05) is 6.07 Å². The minimum absolute atomic E-state index is 0.380. The second-order valence-electron chi connectivity index (χ2n) is 2.85. The third-order valence-corrected chi connectivity index (χ3v) is 1.97. The van der Waals surface area contributed by atoms with Crippen LogP contribution in [0, 0.1) is 0 Å². The topological polar surface area (TPSA) is 68.0 Å². The highest BCUT2D eigenvalue weighted by molar-refractivity contribution is 5.99. The summed E-state index contributed by atoms with van der Waals surface area (Å²) >= 11 is 0. The maximum Gasteiger partial charge on any atom is 0.246 e. The van der Waals surface area contributed by atoms with Gasteiger partial charge in [-0.05, 0) is 12.1 Å². The number of carbonyl (C=O) groups excluding carboxylic acids is 1. The number of hydrogen-bond donors (Lipinski definition) is 2. The van der Waals surface area contributed by atoms with E-state index in [0.29, 0.717) is 12.1 Å². The van der Waals surface area contributed by atoms with Gasteiger partial charge in [0.2, 0.25) is 5.91 Å². The van der Waals surface area contributed by atoms with Gasteiger partial charge in [0.15, 0.2) is 0 Å². The maximum atomic E-state index is 10.9. The lowest BCUT2D eigenvalue weighted by Crippen LogP contribution is -2.22. The Bertz CT molecular complexity index is 384. The van der Waals surface area contributed by atoms with Crippen LogP contribution in [0.5, 0.6) is 0 Å². The lowest BCUT2D eigenvalue weighted by molar-refractivity contribution is -0.114. The number of hydrogen-bond acceptors (Lipinski definition) is 3. The summed E-state index contributed by atoms with van der Waals surface area (Å²) in [4.78, 5) is 14.8. The Balaban J connectivity index is 2.44. The van der Waals surface area contributed by atoms with Crippen LogP contribution in [0.15, 0.2) is 24.0 Å². The molecule has 2 heterocycles. The summed E-state index contributed by atoms with van der Waals surface area (Å²) in [5.41, 5.74) is 7.65. The Hall–Kier alpha value is -1.84. The van der Waals surface area contributed by atoms with Crippen LogP contribution in [0.1, 0.15) is 5.56 Å². The fraction of sp³-hybridized carbons (Fsp3) is 0.111. The zero-order chi connectivity index (χ0) is 9.26. The van der Waals surface area contributed by atoms with E-state index in [1.54, 1.807) is 18.5 Å². The van der Waals surface area contributed by atoms with Crippen molar-refractivity contribution in [3.05, 3.63) is 29.6 Å². The molecule has 1 aromatic rings. The smallest absolute Gasteiger partial charge is 0.246 e. The summed E-state index contributed by atoms with van der Waals surface area (Å²) in [6.07, 6.45) is 5.19. The van der Waals surface area contributed by atoms with Crippen molar-refractivity contribution in [1.29, 1.82) is 0 Å². The molecular weight excluding hydrogens is 166 g/mol. The van der Waals surface area contributed by atoms with E-state index in [9.17, 15) is 4.79 Å². The van der Waals surface area contributed by atoms with Gasteiger partial charge in [0.1, 0.15) is 0 Å². The van der Waals surface area contributed by atoms with E-state index in [0.717, 1.165) is 11.3 Å². The first-order chi connectivity index (χ1) is 6.27. The first-order valence-corrected chi connectivity index (χ1v) is 3.95. The number of carbonyl (C=O) groups is 1. The van der Waals surface area contributed by atoms with E-state index >= 15 is 0 Å². The van der Waals surface area contributed by atoms with E-state index in [2.05, 4.69) is 10.3 Å². The van der Waals surface area contributed by atoms with E-state index in [4.69, 9.17) is 5.73 Å². The minimum atomic E-state index is -0.380. The van der Waals surface area contributed by atoms with Gasteiger partial charge in [0, 0.05) is 23.9 Å². The fourth-order valence-corrected chi connectivity index (χ4v) is 1.27. The van der Waals surface area contributed by atoms with Crippen LogP contribution in [0.3, 0.4) is 0 Å². The Labute approximate surface area is 75.5 Å². The second-order valence-corrected chi connectivity index (χ2v) is 2.85. The molecule has 1 aliphatic rings. The summed E-state index contributed by atoms with van der Waals surface area (Å²) in [7, 11) is 0. The van der Waals surface area contributed by atoms with Crippen molar-refractivity contribution in [3.63, 3.8) is 0 Å². The SMILES string of the molecule is NC(=O)C1=Cc2ccncc2NC1. The molecule has 1 aromatic heterocycles. The standard InChI is InChI=1S/C9H9N3O/c10-9(13)7-3-6-1-2-11-5-8(6)12-4-7/h1-3,5,12H,4H2,(H2,10,13). The molecule has 4 heteroatoms. The quantitative estimate of drug-likeness (QED) is 0.648. The number of aromatic nitrogens is 1. The van der Waals surface area contributed by atoms with Crippen molar-refractivity contribution in [3.8, 4) is 0 Å². The average Bonchev–Trinajstić information content (AvgIpc) is 2.17. The molecule has 1 aliphatic heterocycles. The molecule has 1 amide bonds. The first-order valence-electron chi connectivity index (χ1n) is 3.95. The number of rotatable bonds is 1. The molecule has 66 valence electrons. The summed E-state index contributed by atoms with van der Waals surface area (Å²) in [6, 6.07) is 1.84. The van der Waals surface area contributed by atoms with Crippen molar-refractivity contribution in [1.82, 2.24) is 4.98 Å². The van der Waals surface area contributed by atoms with Gasteiger partial charge in [-0.25, -0.2) is 0 Å². The highest BCUT2D eigenvalue weighted by atomic mass is 16.1. The van der Waals surface area contributed by atoms with Crippen LogP contribution in [0.2, 0.25) is 0 Å². The number of nitrogens with two attached hydrogens (primary N) is 1. The van der Waals surface area contributed by atoms with Gasteiger partial charge in [-0.1, -0.05) is 0 Å². The van der Waals surface area contributed by atoms with E-state index < -0.39 is 0 Å². The van der Waals surface area contributed by atoms with Crippen molar-refractivity contribution in [2.24, 2.45) is 5.73 Å². The number of nitrogens with one attached hydrogen (secondary N) is 1. The van der Waals surface area contributed by atoms with Gasteiger partial charge in [0.05, 0.1) is 11.9 Å². The zero-order valence-electron chi connectivity index (χ0n) is 6.95. The highest BCUT2D eigenvalue weighted by Crippen LogP contribution is 2.21. The van der Waals surface area contributed by atoms with E-state index in [1.165, 1.54) is 0 Å². The molecule has 2 rings (SSSR count). The van der Waals surface area contributed by atoms with Gasteiger partial charge in [0.25, 0.3) is 0 Å². The highest BCUT2D eigenvalue weighted by Gasteiger charge is 2.12. The average molecular weight is 175 g/mol. The number of amides is 1. The van der Waals surface area contributed by atoms with E-state index in [-0.39, 0.29) is 5.91 Å². The predicted molar refractivity (Wildman–Crippen MR) is 49.9 cm³/mol. The zero-order valence-corrected chi connectivity index (χ0v) is 6.95. The Morgan fingerprint density at radius 1 is 1.62 bits per heavy atom. The van der Waals surface area contributed by atoms with Crippen molar-refractivity contribution < 1.29 is 4.79 Å². The lowest BCUT2D eigenvalue weighted by Gasteiger charge is -2.15. The molecule has 4 nitrogen and oxygen atoms in total. The van der Waals surface area contributed by atoms with Crippen molar-refractivity contribution in [2.45, 2.75) is 0 Å². The van der Waals surface area contributed by atoms with Crippen molar-refractivity contribution >= 4 is 17.7 Å². The first kappa shape index (κ1) is 7.79. The molecule has 0 fully saturated rings. The third kappa shape index (κ3) is 1.38. The summed E-state index contributed by atoms with van der Waals surface area (Å²) in [6.45, 7) is 0.480. The number of nitrogens with zero attached hydrogens (tertiary/aromatic N) is 1. The predicted octanol–water partition coefficient (Wildman–Crippen LogP) is 0.376. The maximum absolute atomic E-state index is 10.9. The molecule has 0 unspecified atom stereocenters. The van der Waals surface area contributed by atoms with Gasteiger partial charge >= 0.3 is 0 Å². The van der Waals surface area contributed by atoms with Crippen LogP contribution >= 0.6 is 0 Å². The number of fused-ring (bicyclic) bond motifs is 1. The molecule has 0 spiro atoms. The Kier molecular flexibility index (Phi) is 1.73. The van der Waals surface area contributed by atoms with Crippen LogP contribution < -0.4 is 11.1 Å². The summed E-state index contributed by atoms with van der Waals surface area (Å²) in [5.74, 6) is -0.380. The largest absolute Gasteiger partial charge is 0.379 e. The molecular formula is C9H9N3O. The normalized spacial score (nSPS) is 14.0. The van der Waals surface area contributed by atoms with Crippen molar-refractivity contribution in [2.75, 3.05) is 11.9 Å². The summed E-state index contributed by atoms with van der Waals surface area (Å²) < 4.78 is 0. The second kappa shape index (κ2) is 2.90. The van der Waals surface area contributed by atoms with Gasteiger partial charge in [-0.15, -0.1) is 0 Å². The molecule has 0 radical (unpaired) electrons. The monoisotopic (exact) mass is 175 g/mol. The molecule has 0 saturated carbocycles. The lowest BCUT2D eigenvalue weighted by atomic mass is 10.1. The molecule has 0 bridgehead atoms. The third-order valence-electron chi connectivity index (χ3n) is 1.97. The molecule has 0 saturated heterocycles. The molecule has 13 heavy (non-hydrogen) atoms. The fourth-order valence-electron chi connectivity index (χ4n) is 1.27. The molecule has 0 aromatic carbocycles. The molecule has 0 aliphatic carbocycles. The summed E-state index contributed by atoms with van der Waals surface area (Å²) in [5, 5.41) is 3.06. The Morgan fingerprint density at radius 3 is 3.23 bits per heavy atom.